The Morgan fingerprint density at radius 2 is 2.00 bits per heavy atom. The lowest BCUT2D eigenvalue weighted by Crippen LogP contribution is -2.16. The molecule has 0 saturated carbocycles. The third kappa shape index (κ3) is 4.35. The van der Waals surface area contributed by atoms with Gasteiger partial charge in [-0.3, -0.25) is 0 Å². The molecule has 3 heteroatoms. The molecule has 1 unspecified atom stereocenters. The standard InChI is InChI=1S/C7H13Cl2F/c1-3-4-5-6(2)7(8,9)10/h6H,3-5H2,1-2H3. The van der Waals surface area contributed by atoms with Crippen molar-refractivity contribution in [3.63, 3.8) is 0 Å². The Morgan fingerprint density at radius 1 is 1.50 bits per heavy atom. The number of rotatable bonds is 4. The van der Waals surface area contributed by atoms with E-state index in [4.69, 9.17) is 23.2 Å². The van der Waals surface area contributed by atoms with Crippen LogP contribution in [0.3, 0.4) is 0 Å². The second-order valence-corrected chi connectivity index (χ2v) is 3.88. The number of unbranched alkanes of at least 4 members (excludes halogenated alkanes) is 1. The molecular formula is C7H13Cl2F. The van der Waals surface area contributed by atoms with E-state index in [0.29, 0.717) is 0 Å². The minimum Gasteiger partial charge on any atom is -0.208 e. The molecule has 0 aromatic carbocycles. The van der Waals surface area contributed by atoms with Crippen LogP contribution >= 0.6 is 23.2 Å². The molecule has 62 valence electrons. The van der Waals surface area contributed by atoms with Crippen molar-refractivity contribution in [3.05, 3.63) is 0 Å². The monoisotopic (exact) mass is 186 g/mol. The highest BCUT2D eigenvalue weighted by Crippen LogP contribution is 2.34. The highest BCUT2D eigenvalue weighted by Gasteiger charge is 2.29. The van der Waals surface area contributed by atoms with E-state index in [1.54, 1.807) is 6.92 Å². The molecule has 0 aromatic rings. The van der Waals surface area contributed by atoms with Crippen LogP contribution in [0.1, 0.15) is 33.1 Å². The third-order valence-electron chi connectivity index (χ3n) is 1.55. The van der Waals surface area contributed by atoms with Crippen LogP contribution in [0.2, 0.25) is 0 Å². The van der Waals surface area contributed by atoms with Gasteiger partial charge in [0.05, 0.1) is 0 Å². The van der Waals surface area contributed by atoms with Gasteiger partial charge in [-0.15, -0.1) is 0 Å². The molecule has 1 atom stereocenters. The third-order valence-corrected chi connectivity index (χ3v) is 2.29. The maximum Gasteiger partial charge on any atom is 0.259 e. The lowest BCUT2D eigenvalue weighted by atomic mass is 10.1. The van der Waals surface area contributed by atoms with Gasteiger partial charge in [-0.05, 0) is 6.42 Å². The summed E-state index contributed by atoms with van der Waals surface area (Å²) in [6.07, 6.45) is 2.78. The van der Waals surface area contributed by atoms with Crippen molar-refractivity contribution in [2.75, 3.05) is 0 Å². The summed E-state index contributed by atoms with van der Waals surface area (Å²) >= 11 is 10.4. The fraction of sp³-hybridized carbons (Fsp3) is 1.00. The van der Waals surface area contributed by atoms with Crippen LogP contribution in [-0.4, -0.2) is 4.59 Å². The highest BCUT2D eigenvalue weighted by atomic mass is 35.5. The van der Waals surface area contributed by atoms with Gasteiger partial charge >= 0.3 is 0 Å². The molecule has 0 nitrogen and oxygen atoms in total. The smallest absolute Gasteiger partial charge is 0.208 e. The molecule has 0 amide bonds. The SMILES string of the molecule is CCCCC(C)C(F)(Cl)Cl. The predicted molar refractivity (Wildman–Crippen MR) is 44.2 cm³/mol. The van der Waals surface area contributed by atoms with Crippen LogP contribution in [0.4, 0.5) is 4.39 Å². The first kappa shape index (κ1) is 10.5. The minimum atomic E-state index is -2.05. The Morgan fingerprint density at radius 3 is 2.30 bits per heavy atom. The van der Waals surface area contributed by atoms with Crippen LogP contribution < -0.4 is 0 Å². The van der Waals surface area contributed by atoms with E-state index in [0.717, 1.165) is 19.3 Å². The van der Waals surface area contributed by atoms with Gasteiger partial charge in [0, 0.05) is 5.92 Å². The Balaban J connectivity index is 3.52. The quantitative estimate of drug-likeness (QED) is 0.585. The molecule has 0 fully saturated rings. The fourth-order valence-electron chi connectivity index (χ4n) is 0.674. The summed E-state index contributed by atoms with van der Waals surface area (Å²) in [5.74, 6) is -0.268. The van der Waals surface area contributed by atoms with E-state index < -0.39 is 4.59 Å². The Hall–Kier alpha value is 0.510. The Kier molecular flexibility index (Phi) is 4.63. The lowest BCUT2D eigenvalue weighted by molar-refractivity contribution is 0.272. The normalized spacial score (nSPS) is 15.3. The van der Waals surface area contributed by atoms with Crippen LogP contribution in [0.25, 0.3) is 0 Å². The molecule has 0 aliphatic rings. The summed E-state index contributed by atoms with van der Waals surface area (Å²) in [6, 6.07) is 0. The van der Waals surface area contributed by atoms with Crippen molar-refractivity contribution in [1.82, 2.24) is 0 Å². The number of hydrogen-bond donors (Lipinski definition) is 0. The van der Waals surface area contributed by atoms with Crippen LogP contribution in [0.15, 0.2) is 0 Å². The fourth-order valence-corrected chi connectivity index (χ4v) is 0.892. The van der Waals surface area contributed by atoms with Gasteiger partial charge in [-0.25, -0.2) is 4.39 Å². The highest BCUT2D eigenvalue weighted by molar-refractivity contribution is 6.47. The van der Waals surface area contributed by atoms with E-state index in [9.17, 15) is 4.39 Å². The van der Waals surface area contributed by atoms with Crippen molar-refractivity contribution in [1.29, 1.82) is 0 Å². The molecular weight excluding hydrogens is 174 g/mol. The zero-order chi connectivity index (χ0) is 8.20. The van der Waals surface area contributed by atoms with Gasteiger partial charge in [0.2, 0.25) is 0 Å². The maximum absolute atomic E-state index is 12.6. The second kappa shape index (κ2) is 4.40. The van der Waals surface area contributed by atoms with Gasteiger partial charge in [0.1, 0.15) is 0 Å². The molecule has 0 heterocycles. The van der Waals surface area contributed by atoms with E-state index >= 15 is 0 Å². The molecule has 0 N–H and O–H groups in total. The number of halogens is 3. The summed E-state index contributed by atoms with van der Waals surface area (Å²) in [7, 11) is 0. The lowest BCUT2D eigenvalue weighted by Gasteiger charge is -2.17. The summed E-state index contributed by atoms with van der Waals surface area (Å²) < 4.78 is 10.6. The van der Waals surface area contributed by atoms with Gasteiger partial charge in [-0.1, -0.05) is 49.9 Å². The maximum atomic E-state index is 12.6. The first-order chi connectivity index (χ1) is 4.48. The Bertz CT molecular complexity index is 88.1. The summed E-state index contributed by atoms with van der Waals surface area (Å²) in [5.41, 5.74) is 0. The van der Waals surface area contributed by atoms with Crippen molar-refractivity contribution >= 4 is 23.2 Å². The molecule has 0 aliphatic heterocycles. The molecule has 0 saturated heterocycles. The molecule has 0 rings (SSSR count). The average molecular weight is 187 g/mol. The zero-order valence-corrected chi connectivity index (χ0v) is 7.84. The largest absolute Gasteiger partial charge is 0.259 e. The summed E-state index contributed by atoms with van der Waals surface area (Å²) in [6.45, 7) is 3.77. The topological polar surface area (TPSA) is 0 Å². The van der Waals surface area contributed by atoms with Crippen molar-refractivity contribution in [2.45, 2.75) is 37.7 Å². The summed E-state index contributed by atoms with van der Waals surface area (Å²) in [4.78, 5) is 0. The molecule has 0 aromatic heterocycles. The van der Waals surface area contributed by atoms with E-state index in [-0.39, 0.29) is 5.92 Å². The molecule has 10 heavy (non-hydrogen) atoms. The molecule has 0 bridgehead atoms. The minimum absolute atomic E-state index is 0.268. The number of alkyl halides is 3. The van der Waals surface area contributed by atoms with Gasteiger partial charge in [0.15, 0.2) is 0 Å². The van der Waals surface area contributed by atoms with E-state index in [2.05, 4.69) is 6.92 Å². The van der Waals surface area contributed by atoms with Crippen molar-refractivity contribution in [3.8, 4) is 0 Å². The van der Waals surface area contributed by atoms with Gasteiger partial charge in [0.25, 0.3) is 4.59 Å². The molecule has 0 spiro atoms. The van der Waals surface area contributed by atoms with Crippen molar-refractivity contribution < 1.29 is 4.39 Å². The summed E-state index contributed by atoms with van der Waals surface area (Å²) in [5, 5.41) is 0. The Labute approximate surface area is 71.7 Å². The van der Waals surface area contributed by atoms with Crippen LogP contribution in [-0.2, 0) is 0 Å². The van der Waals surface area contributed by atoms with Crippen LogP contribution in [0, 0.1) is 5.92 Å². The molecule has 0 aliphatic carbocycles. The van der Waals surface area contributed by atoms with E-state index in [1.807, 2.05) is 0 Å². The first-order valence-electron chi connectivity index (χ1n) is 3.55. The second-order valence-electron chi connectivity index (χ2n) is 2.58. The zero-order valence-electron chi connectivity index (χ0n) is 6.33. The molecule has 0 radical (unpaired) electrons. The average Bonchev–Trinajstić information content (AvgIpc) is 1.80. The van der Waals surface area contributed by atoms with Crippen LogP contribution in [0.5, 0.6) is 0 Å². The van der Waals surface area contributed by atoms with Crippen molar-refractivity contribution in [2.24, 2.45) is 5.92 Å². The van der Waals surface area contributed by atoms with Gasteiger partial charge < -0.3 is 0 Å². The first-order valence-corrected chi connectivity index (χ1v) is 4.30. The number of hydrogen-bond acceptors (Lipinski definition) is 0. The predicted octanol–water partition coefficient (Wildman–Crippen LogP) is 3.91. The van der Waals surface area contributed by atoms with E-state index in [1.165, 1.54) is 0 Å². The van der Waals surface area contributed by atoms with Gasteiger partial charge in [-0.2, -0.15) is 0 Å².